The number of nitrogens with zero attached hydrogens (tertiary/aromatic N) is 4. The highest BCUT2D eigenvalue weighted by Crippen LogP contribution is 2.19. The fourth-order valence-electron chi connectivity index (χ4n) is 3.11. The van der Waals surface area contributed by atoms with Gasteiger partial charge in [-0.05, 0) is 18.2 Å². The van der Waals surface area contributed by atoms with E-state index in [1.54, 1.807) is 18.3 Å². The van der Waals surface area contributed by atoms with E-state index in [-0.39, 0.29) is 23.2 Å². The smallest absolute Gasteiger partial charge is 0.267 e. The van der Waals surface area contributed by atoms with Crippen molar-refractivity contribution in [1.29, 1.82) is 5.26 Å². The molecule has 144 valence electrons. The molecule has 2 aromatic heterocycles. The number of hydrogen-bond acceptors (Lipinski definition) is 5. The van der Waals surface area contributed by atoms with Crippen LogP contribution in [0.2, 0.25) is 0 Å². The number of aromatic nitrogens is 2. The maximum absolute atomic E-state index is 13.1. The highest BCUT2D eigenvalue weighted by molar-refractivity contribution is 6.02. The van der Waals surface area contributed by atoms with E-state index >= 15 is 0 Å². The van der Waals surface area contributed by atoms with Gasteiger partial charge in [0.25, 0.3) is 11.5 Å². The number of likely N-dealkylation sites (N-methyl/N-ethyl adjacent to an activating group) is 1. The van der Waals surface area contributed by atoms with Gasteiger partial charge in [0.2, 0.25) is 0 Å². The number of fused-ring (bicyclic) bond motifs is 1. The third-order valence-electron chi connectivity index (χ3n) is 4.73. The summed E-state index contributed by atoms with van der Waals surface area (Å²) in [6.45, 7) is 7.11. The summed E-state index contributed by atoms with van der Waals surface area (Å²) in [7, 11) is 2.12. The van der Waals surface area contributed by atoms with Gasteiger partial charge in [-0.3, -0.25) is 14.0 Å². The van der Waals surface area contributed by atoms with Crippen molar-refractivity contribution in [3.8, 4) is 6.07 Å². The Bertz CT molecular complexity index is 1030. The van der Waals surface area contributed by atoms with Gasteiger partial charge in [0.05, 0.1) is 38.8 Å². The first-order valence-corrected chi connectivity index (χ1v) is 9.13. The number of carbonyl (C=O) groups is 1. The summed E-state index contributed by atoms with van der Waals surface area (Å²) in [5.41, 5.74) is 0.322. The Hall–Kier alpha value is -3.44. The van der Waals surface area contributed by atoms with Crippen LogP contribution in [0, 0.1) is 11.3 Å². The number of amides is 1. The molecule has 3 rings (SSSR count). The number of carbonyl (C=O) groups excluding carboxylic acids is 1. The highest BCUT2D eigenvalue weighted by atomic mass is 16.1. The van der Waals surface area contributed by atoms with E-state index in [1.807, 2.05) is 17.0 Å². The lowest BCUT2D eigenvalue weighted by Crippen LogP contribution is -3.12. The average molecular weight is 379 g/mol. The first kappa shape index (κ1) is 19.3. The van der Waals surface area contributed by atoms with Crippen LogP contribution in [0.5, 0.6) is 0 Å². The molecule has 1 fully saturated rings. The van der Waals surface area contributed by atoms with Crippen LogP contribution < -0.4 is 20.7 Å². The lowest BCUT2D eigenvalue weighted by atomic mass is 10.1. The summed E-state index contributed by atoms with van der Waals surface area (Å²) in [6, 6.07) is 7.21. The van der Waals surface area contributed by atoms with Gasteiger partial charge in [0, 0.05) is 12.7 Å². The normalized spacial score (nSPS) is 15.3. The predicted octanol–water partition coefficient (Wildman–Crippen LogP) is -0.762. The molecule has 1 saturated heterocycles. The van der Waals surface area contributed by atoms with E-state index < -0.39 is 5.91 Å². The third-order valence-corrected chi connectivity index (χ3v) is 4.73. The summed E-state index contributed by atoms with van der Waals surface area (Å²) in [5.74, 6) is -0.0401. The maximum atomic E-state index is 13.1. The van der Waals surface area contributed by atoms with Gasteiger partial charge in [-0.25, -0.2) is 4.98 Å². The first-order chi connectivity index (χ1) is 13.5. The molecule has 0 unspecified atom stereocenters. The second-order valence-corrected chi connectivity index (χ2v) is 6.70. The summed E-state index contributed by atoms with van der Waals surface area (Å²) in [4.78, 5) is 33.5. The fraction of sp³-hybridized carbons (Fsp3) is 0.300. The molecule has 3 heterocycles. The Balaban J connectivity index is 2.14. The quantitative estimate of drug-likeness (QED) is 0.405. The molecule has 0 aromatic carbocycles. The number of nitriles is 1. The molecule has 0 bridgehead atoms. The third kappa shape index (κ3) is 3.94. The molecular formula is C20H23N6O2+. The van der Waals surface area contributed by atoms with Gasteiger partial charge in [0.1, 0.15) is 23.1 Å². The molecule has 0 atom stereocenters. The molecule has 2 N–H and O–H groups in total. The maximum Gasteiger partial charge on any atom is 0.267 e. The van der Waals surface area contributed by atoms with Gasteiger partial charge in [-0.2, -0.15) is 5.26 Å². The fourth-order valence-corrected chi connectivity index (χ4v) is 3.11. The largest absolute Gasteiger partial charge is 0.348 e. The summed E-state index contributed by atoms with van der Waals surface area (Å²) in [5, 5.41) is 12.0. The van der Waals surface area contributed by atoms with Gasteiger partial charge in [-0.1, -0.05) is 12.1 Å². The minimum absolute atomic E-state index is 0.141. The molecule has 8 nitrogen and oxygen atoms in total. The van der Waals surface area contributed by atoms with Crippen LogP contribution in [0.1, 0.15) is 5.56 Å². The molecule has 28 heavy (non-hydrogen) atoms. The van der Waals surface area contributed by atoms with E-state index in [2.05, 4.69) is 23.9 Å². The zero-order valence-corrected chi connectivity index (χ0v) is 15.8. The van der Waals surface area contributed by atoms with E-state index in [0.717, 1.165) is 26.2 Å². The van der Waals surface area contributed by atoms with Crippen molar-refractivity contribution in [2.24, 2.45) is 0 Å². The SMILES string of the molecule is C=CCNC(=O)/C(C#N)=C/c1c(N2CC[NH+](C)CC2)nc2ccccn2c1=O. The van der Waals surface area contributed by atoms with Crippen LogP contribution in [-0.4, -0.2) is 55.1 Å². The molecule has 1 amide bonds. The van der Waals surface area contributed by atoms with Gasteiger partial charge >= 0.3 is 0 Å². The van der Waals surface area contributed by atoms with E-state index in [1.165, 1.54) is 21.5 Å². The van der Waals surface area contributed by atoms with Gasteiger partial charge < -0.3 is 15.1 Å². The van der Waals surface area contributed by atoms with Crippen molar-refractivity contribution < 1.29 is 9.69 Å². The number of anilines is 1. The number of piperazine rings is 1. The summed E-state index contributed by atoms with van der Waals surface area (Å²) < 4.78 is 1.42. The van der Waals surface area contributed by atoms with Crippen molar-refractivity contribution >= 4 is 23.4 Å². The second kappa shape index (κ2) is 8.50. The predicted molar refractivity (Wildman–Crippen MR) is 107 cm³/mol. The topological polar surface area (TPSA) is 94.9 Å². The number of pyridine rings is 1. The zero-order chi connectivity index (χ0) is 20.1. The van der Waals surface area contributed by atoms with E-state index in [0.29, 0.717) is 11.5 Å². The van der Waals surface area contributed by atoms with Crippen LogP contribution in [0.3, 0.4) is 0 Å². The van der Waals surface area contributed by atoms with Crippen LogP contribution >= 0.6 is 0 Å². The number of nitrogens with one attached hydrogen (secondary N) is 2. The Labute approximate surface area is 163 Å². The van der Waals surface area contributed by atoms with Crippen LogP contribution in [0.4, 0.5) is 5.82 Å². The van der Waals surface area contributed by atoms with Crippen molar-refractivity contribution in [3.63, 3.8) is 0 Å². The molecule has 1 aliphatic rings. The molecule has 0 aliphatic carbocycles. The summed E-state index contributed by atoms with van der Waals surface area (Å²) in [6.07, 6.45) is 4.49. The van der Waals surface area contributed by atoms with Crippen molar-refractivity contribution in [2.45, 2.75) is 0 Å². The van der Waals surface area contributed by atoms with Crippen LogP contribution in [-0.2, 0) is 4.79 Å². The Kier molecular flexibility index (Phi) is 5.87. The number of rotatable bonds is 5. The van der Waals surface area contributed by atoms with Crippen molar-refractivity contribution in [3.05, 3.63) is 58.5 Å². The minimum Gasteiger partial charge on any atom is -0.348 e. The molecule has 8 heteroatoms. The lowest BCUT2D eigenvalue weighted by Gasteiger charge is -2.31. The van der Waals surface area contributed by atoms with E-state index in [4.69, 9.17) is 0 Å². The number of hydrogen-bond donors (Lipinski definition) is 2. The minimum atomic E-state index is -0.547. The molecular weight excluding hydrogens is 356 g/mol. The highest BCUT2D eigenvalue weighted by Gasteiger charge is 2.23. The van der Waals surface area contributed by atoms with Crippen LogP contribution in [0.15, 0.2) is 47.4 Å². The summed E-state index contributed by atoms with van der Waals surface area (Å²) >= 11 is 0. The number of quaternary nitrogens is 1. The first-order valence-electron chi connectivity index (χ1n) is 9.13. The molecule has 0 radical (unpaired) electrons. The van der Waals surface area contributed by atoms with Gasteiger partial charge in [0.15, 0.2) is 0 Å². The lowest BCUT2D eigenvalue weighted by molar-refractivity contribution is -0.880. The second-order valence-electron chi connectivity index (χ2n) is 6.70. The average Bonchev–Trinajstić information content (AvgIpc) is 2.72. The molecule has 2 aromatic rings. The Morgan fingerprint density at radius 3 is 2.86 bits per heavy atom. The monoisotopic (exact) mass is 379 g/mol. The van der Waals surface area contributed by atoms with Gasteiger partial charge in [-0.15, -0.1) is 6.58 Å². The Morgan fingerprint density at radius 2 is 2.18 bits per heavy atom. The van der Waals surface area contributed by atoms with Crippen molar-refractivity contribution in [2.75, 3.05) is 44.7 Å². The molecule has 0 spiro atoms. The van der Waals surface area contributed by atoms with E-state index in [9.17, 15) is 14.9 Å². The zero-order valence-electron chi connectivity index (χ0n) is 15.8. The van der Waals surface area contributed by atoms with Crippen LogP contribution in [0.25, 0.3) is 11.7 Å². The van der Waals surface area contributed by atoms with Crippen molar-refractivity contribution in [1.82, 2.24) is 14.7 Å². The molecule has 0 saturated carbocycles. The Morgan fingerprint density at radius 1 is 1.43 bits per heavy atom. The molecule has 1 aliphatic heterocycles. The standard InChI is InChI=1S/C20H22N6O2/c1-3-7-22-19(27)15(14-21)13-16-18(25-11-9-24(2)10-12-25)23-17-6-4-5-8-26(17)20(16)28/h3-6,8,13H,1,7,9-12H2,2H3,(H,22,27)/p+1/b15-13+.